The monoisotopic (exact) mass is 286 g/mol. The zero-order valence-corrected chi connectivity index (χ0v) is 11.2. The maximum absolute atomic E-state index is 12.2. The van der Waals surface area contributed by atoms with Crippen molar-refractivity contribution in [3.8, 4) is 11.6 Å². The molecule has 0 saturated heterocycles. The highest BCUT2D eigenvalue weighted by Crippen LogP contribution is 2.27. The summed E-state index contributed by atoms with van der Waals surface area (Å²) in [7, 11) is 0. The van der Waals surface area contributed by atoms with E-state index in [4.69, 9.17) is 4.74 Å². The molecule has 0 aliphatic carbocycles. The maximum Gasteiger partial charge on any atom is 0.573 e. The molecule has 0 fully saturated rings. The highest BCUT2D eigenvalue weighted by molar-refractivity contribution is 5.76. The molecule has 20 heavy (non-hydrogen) atoms. The second-order valence-corrected chi connectivity index (χ2v) is 4.48. The summed E-state index contributed by atoms with van der Waals surface area (Å²) in [6, 6.07) is 3.81. The van der Waals surface area contributed by atoms with Crippen LogP contribution in [-0.4, -0.2) is 22.4 Å². The number of nitrogens with zero attached hydrogens (tertiary/aromatic N) is 2. The SMILES string of the molecule is Cc1nc2ccc(OC(F)(F)F)cc2nc1OC(C)C. The Bertz CT molecular complexity index is 627. The van der Waals surface area contributed by atoms with Crippen molar-refractivity contribution in [3.63, 3.8) is 0 Å². The zero-order valence-electron chi connectivity index (χ0n) is 11.2. The number of hydrogen-bond donors (Lipinski definition) is 0. The number of hydrogen-bond acceptors (Lipinski definition) is 4. The number of alkyl halides is 3. The average molecular weight is 286 g/mol. The molecular weight excluding hydrogens is 273 g/mol. The van der Waals surface area contributed by atoms with Crippen LogP contribution in [0.4, 0.5) is 13.2 Å². The van der Waals surface area contributed by atoms with Gasteiger partial charge in [0.25, 0.3) is 0 Å². The lowest BCUT2D eigenvalue weighted by Gasteiger charge is -2.12. The van der Waals surface area contributed by atoms with Crippen molar-refractivity contribution in [2.75, 3.05) is 0 Å². The predicted octanol–water partition coefficient (Wildman–Crippen LogP) is 3.62. The van der Waals surface area contributed by atoms with Gasteiger partial charge in [-0.2, -0.15) is 0 Å². The summed E-state index contributed by atoms with van der Waals surface area (Å²) in [6.45, 7) is 5.38. The fourth-order valence-corrected chi connectivity index (χ4v) is 1.64. The molecule has 0 bridgehead atoms. The maximum atomic E-state index is 12.2. The van der Waals surface area contributed by atoms with Crippen LogP contribution in [0.2, 0.25) is 0 Å². The van der Waals surface area contributed by atoms with Crippen LogP contribution in [0.3, 0.4) is 0 Å². The second kappa shape index (κ2) is 5.15. The van der Waals surface area contributed by atoms with Gasteiger partial charge in [0.05, 0.1) is 17.1 Å². The van der Waals surface area contributed by atoms with E-state index in [-0.39, 0.29) is 17.4 Å². The number of aryl methyl sites for hydroxylation is 1. The Balaban J connectivity index is 2.42. The van der Waals surface area contributed by atoms with Gasteiger partial charge in [0.15, 0.2) is 0 Å². The summed E-state index contributed by atoms with van der Waals surface area (Å²) < 4.78 is 45.8. The van der Waals surface area contributed by atoms with Crippen LogP contribution in [0, 0.1) is 6.92 Å². The molecule has 0 saturated carbocycles. The third kappa shape index (κ3) is 3.49. The molecule has 0 amide bonds. The molecule has 7 heteroatoms. The largest absolute Gasteiger partial charge is 0.573 e. The Labute approximate surface area is 113 Å². The quantitative estimate of drug-likeness (QED) is 0.864. The standard InChI is InChI=1S/C13H13F3N2O2/c1-7(2)19-12-8(3)17-10-5-4-9(6-11(10)18-12)20-13(14,15)16/h4-7H,1-3H3. The molecule has 0 N–H and O–H groups in total. The first-order valence-corrected chi connectivity index (χ1v) is 5.95. The van der Waals surface area contributed by atoms with E-state index in [0.29, 0.717) is 17.1 Å². The van der Waals surface area contributed by atoms with E-state index in [1.54, 1.807) is 6.92 Å². The molecule has 0 aliphatic heterocycles. The van der Waals surface area contributed by atoms with Gasteiger partial charge in [-0.05, 0) is 32.9 Å². The molecule has 0 spiro atoms. The fraction of sp³-hybridized carbons (Fsp3) is 0.385. The molecule has 2 aromatic rings. The molecule has 1 aromatic heterocycles. The van der Waals surface area contributed by atoms with Crippen molar-refractivity contribution in [2.45, 2.75) is 33.2 Å². The number of benzene rings is 1. The Morgan fingerprint density at radius 3 is 2.40 bits per heavy atom. The first-order valence-electron chi connectivity index (χ1n) is 5.95. The number of halogens is 3. The highest BCUT2D eigenvalue weighted by Gasteiger charge is 2.31. The summed E-state index contributed by atoms with van der Waals surface area (Å²) in [5.41, 5.74) is 1.34. The number of ether oxygens (including phenoxy) is 2. The average Bonchev–Trinajstić information content (AvgIpc) is 2.28. The summed E-state index contributed by atoms with van der Waals surface area (Å²) in [5, 5.41) is 0. The minimum absolute atomic E-state index is 0.102. The summed E-state index contributed by atoms with van der Waals surface area (Å²) >= 11 is 0. The van der Waals surface area contributed by atoms with Crippen LogP contribution >= 0.6 is 0 Å². The van der Waals surface area contributed by atoms with Gasteiger partial charge < -0.3 is 9.47 Å². The molecular formula is C13H13F3N2O2. The molecule has 4 nitrogen and oxygen atoms in total. The van der Waals surface area contributed by atoms with Crippen LogP contribution in [0.1, 0.15) is 19.5 Å². The van der Waals surface area contributed by atoms with E-state index < -0.39 is 6.36 Å². The molecule has 2 rings (SSSR count). The molecule has 1 heterocycles. The summed E-state index contributed by atoms with van der Waals surface area (Å²) in [5.74, 6) is -0.0321. The van der Waals surface area contributed by atoms with Crippen LogP contribution < -0.4 is 9.47 Å². The first kappa shape index (κ1) is 14.4. The first-order chi connectivity index (χ1) is 9.24. The van der Waals surface area contributed by atoms with Crippen LogP contribution in [-0.2, 0) is 0 Å². The highest BCUT2D eigenvalue weighted by atomic mass is 19.4. The van der Waals surface area contributed by atoms with E-state index in [1.165, 1.54) is 18.2 Å². The van der Waals surface area contributed by atoms with Crippen molar-refractivity contribution < 1.29 is 22.6 Å². The molecule has 0 radical (unpaired) electrons. The van der Waals surface area contributed by atoms with Gasteiger partial charge in [0, 0.05) is 6.07 Å². The van der Waals surface area contributed by atoms with Gasteiger partial charge in [-0.15, -0.1) is 13.2 Å². The normalized spacial score (nSPS) is 11.9. The van der Waals surface area contributed by atoms with Crippen LogP contribution in [0.5, 0.6) is 11.6 Å². The van der Waals surface area contributed by atoms with Crippen molar-refractivity contribution >= 4 is 11.0 Å². The molecule has 0 unspecified atom stereocenters. The molecule has 0 aliphatic rings. The molecule has 1 aromatic carbocycles. The third-order valence-corrected chi connectivity index (χ3v) is 2.35. The van der Waals surface area contributed by atoms with Gasteiger partial charge in [-0.3, -0.25) is 0 Å². The number of aromatic nitrogens is 2. The lowest BCUT2D eigenvalue weighted by atomic mass is 10.2. The summed E-state index contributed by atoms with van der Waals surface area (Å²) in [6.07, 6.45) is -4.83. The Morgan fingerprint density at radius 2 is 1.80 bits per heavy atom. The zero-order chi connectivity index (χ0) is 14.9. The van der Waals surface area contributed by atoms with Crippen LogP contribution in [0.25, 0.3) is 11.0 Å². The van der Waals surface area contributed by atoms with Gasteiger partial charge in [-0.25, -0.2) is 9.97 Å². The fourth-order valence-electron chi connectivity index (χ4n) is 1.64. The van der Waals surface area contributed by atoms with E-state index >= 15 is 0 Å². The lowest BCUT2D eigenvalue weighted by molar-refractivity contribution is -0.274. The van der Waals surface area contributed by atoms with Crippen LogP contribution in [0.15, 0.2) is 18.2 Å². The van der Waals surface area contributed by atoms with Crippen molar-refractivity contribution in [1.82, 2.24) is 9.97 Å². The Hall–Kier alpha value is -2.05. The van der Waals surface area contributed by atoms with Gasteiger partial charge in [0.1, 0.15) is 11.4 Å². The predicted molar refractivity (Wildman–Crippen MR) is 66.7 cm³/mol. The van der Waals surface area contributed by atoms with E-state index in [0.717, 1.165) is 0 Å². The topological polar surface area (TPSA) is 44.2 Å². The smallest absolute Gasteiger partial charge is 0.474 e. The molecule has 0 atom stereocenters. The van der Waals surface area contributed by atoms with Crippen molar-refractivity contribution in [3.05, 3.63) is 23.9 Å². The second-order valence-electron chi connectivity index (χ2n) is 4.48. The molecule has 108 valence electrons. The lowest BCUT2D eigenvalue weighted by Crippen LogP contribution is -2.17. The Morgan fingerprint density at radius 1 is 1.10 bits per heavy atom. The number of rotatable bonds is 3. The Kier molecular flexibility index (Phi) is 3.69. The van der Waals surface area contributed by atoms with E-state index in [9.17, 15) is 13.2 Å². The van der Waals surface area contributed by atoms with E-state index in [1.807, 2.05) is 13.8 Å². The van der Waals surface area contributed by atoms with Gasteiger partial charge in [-0.1, -0.05) is 0 Å². The van der Waals surface area contributed by atoms with E-state index in [2.05, 4.69) is 14.7 Å². The van der Waals surface area contributed by atoms with Gasteiger partial charge in [0.2, 0.25) is 5.88 Å². The van der Waals surface area contributed by atoms with Crippen molar-refractivity contribution in [2.24, 2.45) is 0 Å². The number of fused-ring (bicyclic) bond motifs is 1. The van der Waals surface area contributed by atoms with Crippen molar-refractivity contribution in [1.29, 1.82) is 0 Å². The minimum Gasteiger partial charge on any atom is -0.474 e. The summed E-state index contributed by atoms with van der Waals surface area (Å²) in [4.78, 5) is 8.42. The minimum atomic E-state index is -4.73. The van der Waals surface area contributed by atoms with Gasteiger partial charge >= 0.3 is 6.36 Å². The third-order valence-electron chi connectivity index (χ3n) is 2.35.